The van der Waals surface area contributed by atoms with Crippen LogP contribution in [0.2, 0.25) is 0 Å². The summed E-state index contributed by atoms with van der Waals surface area (Å²) in [6, 6.07) is 6.52. The topological polar surface area (TPSA) is 0 Å². The summed E-state index contributed by atoms with van der Waals surface area (Å²) in [5.74, 6) is 1.25. The first-order valence-electron chi connectivity index (χ1n) is 4.94. The summed E-state index contributed by atoms with van der Waals surface area (Å²) in [7, 11) is 0. The molecule has 13 heavy (non-hydrogen) atoms. The van der Waals surface area contributed by atoms with Gasteiger partial charge in [0.25, 0.3) is 0 Å². The standard InChI is InChI=1S/C12H18S/c1-4-5-9-13-12-10(2)7-6-8-11(12)3/h6-8H,4-5,9H2,1-3H3. The molecule has 1 rings (SSSR count). The van der Waals surface area contributed by atoms with Gasteiger partial charge in [-0.2, -0.15) is 0 Å². The Kier molecular flexibility index (Phi) is 4.37. The Morgan fingerprint density at radius 1 is 1.15 bits per heavy atom. The average molecular weight is 194 g/mol. The zero-order valence-electron chi connectivity index (χ0n) is 8.76. The highest BCUT2D eigenvalue weighted by Crippen LogP contribution is 2.26. The molecule has 0 aliphatic carbocycles. The predicted molar refractivity (Wildman–Crippen MR) is 61.5 cm³/mol. The number of rotatable bonds is 4. The molecule has 0 spiro atoms. The minimum absolute atomic E-state index is 1.25. The largest absolute Gasteiger partial charge is 0.126 e. The van der Waals surface area contributed by atoms with E-state index < -0.39 is 0 Å². The Labute approximate surface area is 85.7 Å². The summed E-state index contributed by atoms with van der Waals surface area (Å²) in [6.07, 6.45) is 2.61. The van der Waals surface area contributed by atoms with Crippen molar-refractivity contribution in [2.45, 2.75) is 38.5 Å². The first kappa shape index (κ1) is 10.6. The zero-order chi connectivity index (χ0) is 9.68. The first-order chi connectivity index (χ1) is 6.25. The molecule has 0 saturated heterocycles. The van der Waals surface area contributed by atoms with Crippen LogP contribution >= 0.6 is 11.8 Å². The third kappa shape index (κ3) is 3.07. The van der Waals surface area contributed by atoms with E-state index in [0.717, 1.165) is 0 Å². The maximum Gasteiger partial charge on any atom is 0.0130 e. The number of unbranched alkanes of at least 4 members (excludes halogenated alkanes) is 1. The molecule has 0 heterocycles. The van der Waals surface area contributed by atoms with Crippen LogP contribution in [-0.2, 0) is 0 Å². The van der Waals surface area contributed by atoms with Crippen molar-refractivity contribution in [3.8, 4) is 0 Å². The van der Waals surface area contributed by atoms with E-state index in [9.17, 15) is 0 Å². The van der Waals surface area contributed by atoms with Crippen LogP contribution in [0, 0.1) is 13.8 Å². The van der Waals surface area contributed by atoms with Gasteiger partial charge in [-0.3, -0.25) is 0 Å². The van der Waals surface area contributed by atoms with Crippen molar-refractivity contribution in [2.75, 3.05) is 5.75 Å². The molecule has 0 nitrogen and oxygen atoms in total. The van der Waals surface area contributed by atoms with Crippen molar-refractivity contribution >= 4 is 11.8 Å². The molecule has 0 fully saturated rings. The van der Waals surface area contributed by atoms with Gasteiger partial charge in [0, 0.05) is 4.90 Å². The molecule has 0 amide bonds. The minimum Gasteiger partial charge on any atom is -0.126 e. The van der Waals surface area contributed by atoms with Crippen LogP contribution in [0.5, 0.6) is 0 Å². The van der Waals surface area contributed by atoms with E-state index in [1.165, 1.54) is 34.6 Å². The third-order valence-corrected chi connectivity index (χ3v) is 3.58. The van der Waals surface area contributed by atoms with Gasteiger partial charge in [0.1, 0.15) is 0 Å². The van der Waals surface area contributed by atoms with E-state index in [4.69, 9.17) is 0 Å². The summed E-state index contributed by atoms with van der Waals surface area (Å²) in [5, 5.41) is 0. The van der Waals surface area contributed by atoms with Crippen LogP contribution in [0.3, 0.4) is 0 Å². The van der Waals surface area contributed by atoms with E-state index in [1.807, 2.05) is 11.8 Å². The molecule has 0 aromatic heterocycles. The summed E-state index contributed by atoms with van der Waals surface area (Å²) < 4.78 is 0. The molecule has 0 atom stereocenters. The summed E-state index contributed by atoms with van der Waals surface area (Å²) in [5.41, 5.74) is 2.84. The molecular weight excluding hydrogens is 176 g/mol. The van der Waals surface area contributed by atoms with Gasteiger partial charge in [0.05, 0.1) is 0 Å². The molecule has 1 heteroatoms. The van der Waals surface area contributed by atoms with Crippen LogP contribution in [0.4, 0.5) is 0 Å². The van der Waals surface area contributed by atoms with Crippen molar-refractivity contribution in [1.82, 2.24) is 0 Å². The average Bonchev–Trinajstić information content (AvgIpc) is 2.10. The lowest BCUT2D eigenvalue weighted by Crippen LogP contribution is -1.86. The van der Waals surface area contributed by atoms with Gasteiger partial charge in [0.2, 0.25) is 0 Å². The predicted octanol–water partition coefficient (Wildman–Crippen LogP) is 4.20. The fraction of sp³-hybridized carbons (Fsp3) is 0.500. The summed E-state index contributed by atoms with van der Waals surface area (Å²) >= 11 is 2.00. The smallest absolute Gasteiger partial charge is 0.0130 e. The second kappa shape index (κ2) is 5.33. The zero-order valence-corrected chi connectivity index (χ0v) is 9.58. The van der Waals surface area contributed by atoms with Crippen molar-refractivity contribution in [1.29, 1.82) is 0 Å². The van der Waals surface area contributed by atoms with E-state index in [0.29, 0.717) is 0 Å². The lowest BCUT2D eigenvalue weighted by atomic mass is 10.2. The lowest BCUT2D eigenvalue weighted by molar-refractivity contribution is 0.895. The highest BCUT2D eigenvalue weighted by Gasteiger charge is 2.01. The normalized spacial score (nSPS) is 10.4. The number of hydrogen-bond donors (Lipinski definition) is 0. The molecule has 0 aliphatic heterocycles. The molecule has 1 aromatic carbocycles. The van der Waals surface area contributed by atoms with Crippen LogP contribution in [0.25, 0.3) is 0 Å². The molecule has 0 radical (unpaired) electrons. The Bertz CT molecular complexity index is 246. The van der Waals surface area contributed by atoms with Crippen LogP contribution < -0.4 is 0 Å². The third-order valence-electron chi connectivity index (χ3n) is 2.15. The van der Waals surface area contributed by atoms with Crippen LogP contribution in [0.1, 0.15) is 30.9 Å². The molecule has 0 N–H and O–H groups in total. The van der Waals surface area contributed by atoms with Gasteiger partial charge in [0.15, 0.2) is 0 Å². The monoisotopic (exact) mass is 194 g/mol. The van der Waals surface area contributed by atoms with Crippen LogP contribution in [-0.4, -0.2) is 5.75 Å². The first-order valence-corrected chi connectivity index (χ1v) is 5.93. The maximum absolute atomic E-state index is 2.24. The second-order valence-electron chi connectivity index (χ2n) is 3.42. The number of thioether (sulfide) groups is 1. The molecule has 0 saturated carbocycles. The van der Waals surface area contributed by atoms with E-state index in [-0.39, 0.29) is 0 Å². The fourth-order valence-electron chi connectivity index (χ4n) is 1.35. The Morgan fingerprint density at radius 3 is 2.31 bits per heavy atom. The number of hydrogen-bond acceptors (Lipinski definition) is 1. The Morgan fingerprint density at radius 2 is 1.77 bits per heavy atom. The lowest BCUT2D eigenvalue weighted by Gasteiger charge is -2.07. The highest BCUT2D eigenvalue weighted by molar-refractivity contribution is 7.99. The molecule has 0 aliphatic rings. The summed E-state index contributed by atoms with van der Waals surface area (Å²) in [6.45, 7) is 6.63. The van der Waals surface area contributed by atoms with E-state index >= 15 is 0 Å². The highest BCUT2D eigenvalue weighted by atomic mass is 32.2. The van der Waals surface area contributed by atoms with Gasteiger partial charge >= 0.3 is 0 Å². The van der Waals surface area contributed by atoms with Gasteiger partial charge < -0.3 is 0 Å². The molecule has 72 valence electrons. The van der Waals surface area contributed by atoms with E-state index in [1.54, 1.807) is 0 Å². The molecule has 1 aromatic rings. The van der Waals surface area contributed by atoms with Gasteiger partial charge in [-0.15, -0.1) is 11.8 Å². The fourth-order valence-corrected chi connectivity index (χ4v) is 2.57. The molecule has 0 unspecified atom stereocenters. The van der Waals surface area contributed by atoms with Crippen molar-refractivity contribution in [3.05, 3.63) is 29.3 Å². The van der Waals surface area contributed by atoms with Crippen molar-refractivity contribution in [2.24, 2.45) is 0 Å². The van der Waals surface area contributed by atoms with Gasteiger partial charge in [-0.05, 0) is 37.1 Å². The van der Waals surface area contributed by atoms with Crippen molar-refractivity contribution < 1.29 is 0 Å². The SMILES string of the molecule is CCCCSc1c(C)cccc1C. The van der Waals surface area contributed by atoms with Gasteiger partial charge in [-0.1, -0.05) is 31.5 Å². The van der Waals surface area contributed by atoms with Crippen molar-refractivity contribution in [3.63, 3.8) is 0 Å². The van der Waals surface area contributed by atoms with Crippen LogP contribution in [0.15, 0.2) is 23.1 Å². The maximum atomic E-state index is 2.24. The number of benzene rings is 1. The molecular formula is C12H18S. The number of aryl methyl sites for hydroxylation is 2. The Hall–Kier alpha value is -0.430. The minimum atomic E-state index is 1.25. The molecule has 0 bridgehead atoms. The quantitative estimate of drug-likeness (QED) is 0.511. The Balaban J connectivity index is 2.64. The van der Waals surface area contributed by atoms with Gasteiger partial charge in [-0.25, -0.2) is 0 Å². The second-order valence-corrected chi connectivity index (χ2v) is 4.53. The van der Waals surface area contributed by atoms with E-state index in [2.05, 4.69) is 39.0 Å². The summed E-state index contributed by atoms with van der Waals surface area (Å²) in [4.78, 5) is 1.48.